The van der Waals surface area contributed by atoms with Gasteiger partial charge in [0.1, 0.15) is 12.4 Å². The van der Waals surface area contributed by atoms with Gasteiger partial charge >= 0.3 is 12.3 Å². The average molecular weight is 519 g/mol. The fourth-order valence-corrected chi connectivity index (χ4v) is 4.29. The molecule has 0 saturated carbocycles. The zero-order valence-electron chi connectivity index (χ0n) is 20.3. The van der Waals surface area contributed by atoms with E-state index in [4.69, 9.17) is 9.47 Å². The van der Waals surface area contributed by atoms with Crippen molar-refractivity contribution in [3.63, 3.8) is 0 Å². The summed E-state index contributed by atoms with van der Waals surface area (Å²) < 4.78 is 65.8. The van der Waals surface area contributed by atoms with Gasteiger partial charge in [0.2, 0.25) is 0 Å². The molecule has 1 atom stereocenters. The molecule has 11 heteroatoms. The molecule has 1 aromatic heterocycles. The van der Waals surface area contributed by atoms with E-state index in [1.54, 1.807) is 38.1 Å². The molecule has 0 radical (unpaired) electrons. The number of aryl methyl sites for hydroxylation is 1. The Balaban J connectivity index is 1.68. The van der Waals surface area contributed by atoms with Gasteiger partial charge in [0.15, 0.2) is 11.5 Å². The molecule has 4 rings (SSSR count). The van der Waals surface area contributed by atoms with Crippen LogP contribution in [0.2, 0.25) is 0 Å². The summed E-state index contributed by atoms with van der Waals surface area (Å²) in [7, 11) is 1.46. The lowest BCUT2D eigenvalue weighted by Crippen LogP contribution is -2.28. The second-order valence-corrected chi connectivity index (χ2v) is 8.61. The van der Waals surface area contributed by atoms with E-state index in [-0.39, 0.29) is 12.2 Å². The smallest absolute Gasteiger partial charge is 0.419 e. The predicted molar refractivity (Wildman–Crippen MR) is 129 cm³/mol. The largest absolute Gasteiger partial charge is 0.493 e. The number of carbonyl (C=O) groups is 1. The van der Waals surface area contributed by atoms with Crippen molar-refractivity contribution in [2.45, 2.75) is 32.5 Å². The molecule has 0 aliphatic carbocycles. The second kappa shape index (κ2) is 10.2. The first-order chi connectivity index (χ1) is 17.5. The topological polar surface area (TPSA) is 83.9 Å². The first-order valence-electron chi connectivity index (χ1n) is 11.4. The number of pyridine rings is 1. The van der Waals surface area contributed by atoms with Crippen LogP contribution in [0.1, 0.15) is 36.2 Å². The lowest BCUT2D eigenvalue weighted by Gasteiger charge is -2.21. The zero-order chi connectivity index (χ0) is 26.9. The van der Waals surface area contributed by atoms with Crippen LogP contribution in [0.25, 0.3) is 10.9 Å². The Morgan fingerprint density at radius 3 is 2.68 bits per heavy atom. The molecule has 7 nitrogen and oxygen atoms in total. The Kier molecular flexibility index (Phi) is 7.15. The highest BCUT2D eigenvalue weighted by Crippen LogP contribution is 2.38. The fourth-order valence-electron chi connectivity index (χ4n) is 4.29. The predicted octanol–water partition coefficient (Wildman–Crippen LogP) is 6.53. The van der Waals surface area contributed by atoms with E-state index >= 15 is 0 Å². The molecule has 1 aliphatic heterocycles. The Labute approximate surface area is 210 Å². The number of aromatic nitrogens is 1. The summed E-state index contributed by atoms with van der Waals surface area (Å²) in [6.45, 7) is 3.66. The minimum absolute atomic E-state index is 0.0118. The van der Waals surface area contributed by atoms with Crippen molar-refractivity contribution >= 4 is 22.7 Å². The van der Waals surface area contributed by atoms with Gasteiger partial charge in [-0.05, 0) is 38.5 Å². The lowest BCUT2D eigenvalue weighted by molar-refractivity contribution is -0.140. The Morgan fingerprint density at radius 2 is 2.00 bits per heavy atom. The number of fused-ring (bicyclic) bond motifs is 1. The summed E-state index contributed by atoms with van der Waals surface area (Å²) in [5, 5.41) is 13.0. The first-order valence-corrected chi connectivity index (χ1v) is 11.4. The molecular formula is C26H25F4N3O4. The van der Waals surface area contributed by atoms with Crippen molar-refractivity contribution in [1.29, 1.82) is 0 Å². The first kappa shape index (κ1) is 26.1. The highest BCUT2D eigenvalue weighted by Gasteiger charge is 2.35. The number of amides is 1. The van der Waals surface area contributed by atoms with Gasteiger partial charge in [-0.2, -0.15) is 13.2 Å². The Bertz CT molecular complexity index is 1370. The summed E-state index contributed by atoms with van der Waals surface area (Å²) in [4.78, 5) is 17.1. The SMILES string of the molecule is COc1cc2nc(C)cc(N[C@H](C)c3cccc(C(F)(F)F)c3F)c2cc1OCC1=CCCN1C(=O)O. The number of alkyl halides is 3. The molecule has 0 saturated heterocycles. The number of rotatable bonds is 7. The Hall–Kier alpha value is -4.02. The summed E-state index contributed by atoms with van der Waals surface area (Å²) in [6, 6.07) is 7.37. The number of hydrogen-bond donors (Lipinski definition) is 2. The van der Waals surface area contributed by atoms with E-state index in [2.05, 4.69) is 10.3 Å². The minimum atomic E-state index is -4.81. The minimum Gasteiger partial charge on any atom is -0.493 e. The van der Waals surface area contributed by atoms with Crippen LogP contribution in [0.3, 0.4) is 0 Å². The van der Waals surface area contributed by atoms with Crippen molar-refractivity contribution in [1.82, 2.24) is 9.88 Å². The van der Waals surface area contributed by atoms with Gasteiger partial charge in [0, 0.05) is 34.9 Å². The van der Waals surface area contributed by atoms with E-state index < -0.39 is 29.7 Å². The number of nitrogens with one attached hydrogen (secondary N) is 1. The third-order valence-corrected chi connectivity index (χ3v) is 6.08. The van der Waals surface area contributed by atoms with E-state index in [0.29, 0.717) is 58.5 Å². The van der Waals surface area contributed by atoms with Crippen LogP contribution in [0.5, 0.6) is 11.5 Å². The van der Waals surface area contributed by atoms with Crippen LogP contribution >= 0.6 is 0 Å². The number of nitrogens with zero attached hydrogens (tertiary/aromatic N) is 2. The van der Waals surface area contributed by atoms with Crippen LogP contribution < -0.4 is 14.8 Å². The summed E-state index contributed by atoms with van der Waals surface area (Å²) >= 11 is 0. The Morgan fingerprint density at radius 1 is 1.24 bits per heavy atom. The van der Waals surface area contributed by atoms with Gasteiger partial charge in [-0.1, -0.05) is 18.2 Å². The van der Waals surface area contributed by atoms with Crippen LogP contribution in [-0.2, 0) is 6.18 Å². The van der Waals surface area contributed by atoms with Crippen molar-refractivity contribution in [2.75, 3.05) is 25.6 Å². The van der Waals surface area contributed by atoms with Crippen LogP contribution in [0.4, 0.5) is 28.0 Å². The third-order valence-electron chi connectivity index (χ3n) is 6.08. The monoisotopic (exact) mass is 519 g/mol. The van der Waals surface area contributed by atoms with Gasteiger partial charge in [0.25, 0.3) is 0 Å². The maximum atomic E-state index is 14.8. The quantitative estimate of drug-likeness (QED) is 0.346. The van der Waals surface area contributed by atoms with Crippen molar-refractivity contribution in [3.8, 4) is 11.5 Å². The molecule has 2 heterocycles. The zero-order valence-corrected chi connectivity index (χ0v) is 20.3. The van der Waals surface area contributed by atoms with Crippen molar-refractivity contribution in [2.24, 2.45) is 0 Å². The van der Waals surface area contributed by atoms with E-state index in [1.807, 2.05) is 0 Å². The normalized spacial score (nSPS) is 14.5. The molecule has 37 heavy (non-hydrogen) atoms. The van der Waals surface area contributed by atoms with Gasteiger partial charge in [-0.15, -0.1) is 0 Å². The summed E-state index contributed by atoms with van der Waals surface area (Å²) in [5.74, 6) is -0.641. The fraction of sp³-hybridized carbons (Fsp3) is 0.308. The number of benzene rings is 2. The number of hydrogen-bond acceptors (Lipinski definition) is 5. The maximum absolute atomic E-state index is 14.8. The number of ether oxygens (including phenoxy) is 2. The molecule has 0 fully saturated rings. The third kappa shape index (κ3) is 5.40. The van der Waals surface area contributed by atoms with Gasteiger partial charge < -0.3 is 19.9 Å². The van der Waals surface area contributed by atoms with Crippen molar-refractivity contribution in [3.05, 3.63) is 70.8 Å². The molecule has 0 spiro atoms. The summed E-state index contributed by atoms with van der Waals surface area (Å²) in [5.41, 5.74) is 0.692. The molecule has 2 N–H and O–H groups in total. The van der Waals surface area contributed by atoms with Crippen molar-refractivity contribution < 1.29 is 36.9 Å². The number of carboxylic acid groups (broad SMARTS) is 1. The van der Waals surface area contributed by atoms with Gasteiger partial charge in [0.05, 0.1) is 29.9 Å². The van der Waals surface area contributed by atoms with Crippen LogP contribution in [-0.4, -0.2) is 41.3 Å². The van der Waals surface area contributed by atoms with Gasteiger partial charge in [-0.25, -0.2) is 9.18 Å². The molecular weight excluding hydrogens is 494 g/mol. The second-order valence-electron chi connectivity index (χ2n) is 8.61. The molecule has 3 aromatic rings. The average Bonchev–Trinajstić information content (AvgIpc) is 3.30. The number of methoxy groups -OCH3 is 1. The lowest BCUT2D eigenvalue weighted by atomic mass is 10.0. The number of anilines is 1. The number of halogens is 4. The van der Waals surface area contributed by atoms with E-state index in [0.717, 1.165) is 0 Å². The highest BCUT2D eigenvalue weighted by atomic mass is 19.4. The summed E-state index contributed by atoms with van der Waals surface area (Å²) in [6.07, 6.45) is -3.51. The van der Waals surface area contributed by atoms with Gasteiger partial charge in [-0.3, -0.25) is 9.88 Å². The molecule has 2 aromatic carbocycles. The van der Waals surface area contributed by atoms with Crippen LogP contribution in [0.15, 0.2) is 48.2 Å². The molecule has 0 bridgehead atoms. The van der Waals surface area contributed by atoms with E-state index in [9.17, 15) is 27.5 Å². The molecule has 1 aliphatic rings. The van der Waals surface area contributed by atoms with E-state index in [1.165, 1.54) is 24.1 Å². The molecule has 0 unspecified atom stereocenters. The standard InChI is InChI=1S/C26H25F4N3O4/c1-14-10-20(32-15(2)17-7-4-8-19(24(17)27)26(28,29)30)18-11-23(22(36-3)12-21(18)31-14)37-13-16-6-5-9-33(16)25(34)35/h4,6-8,10-12,15H,5,9,13H2,1-3H3,(H,31,32)(H,34,35)/t15-/m1/s1. The van der Waals surface area contributed by atoms with Crippen LogP contribution in [0, 0.1) is 12.7 Å². The highest BCUT2D eigenvalue weighted by molar-refractivity contribution is 5.94. The molecule has 196 valence electrons. The molecule has 1 amide bonds. The maximum Gasteiger partial charge on any atom is 0.419 e.